The number of carbonyl (C=O) groups excluding carboxylic acids is 2. The summed E-state index contributed by atoms with van der Waals surface area (Å²) >= 11 is 8.78. The molecule has 8 heteroatoms. The fraction of sp³-hybridized carbons (Fsp3) is 0.500. The molecular formula is C20H25ClN2O3S2. The lowest BCUT2D eigenvalue weighted by molar-refractivity contribution is -0.115. The summed E-state index contributed by atoms with van der Waals surface area (Å²) in [6, 6.07) is 3.62. The van der Waals surface area contributed by atoms with E-state index in [2.05, 4.69) is 38.3 Å². The molecule has 0 bridgehead atoms. The summed E-state index contributed by atoms with van der Waals surface area (Å²) in [5.41, 5.74) is 0.967. The first-order valence-corrected chi connectivity index (χ1v) is 11.2. The molecule has 2 aromatic heterocycles. The molecule has 0 fully saturated rings. The maximum Gasteiger partial charge on any atom is 0.341 e. The summed E-state index contributed by atoms with van der Waals surface area (Å²) in [5, 5.41) is 7.13. The van der Waals surface area contributed by atoms with Gasteiger partial charge in [0.05, 0.1) is 22.9 Å². The minimum Gasteiger partial charge on any atom is -0.462 e. The summed E-state index contributed by atoms with van der Waals surface area (Å²) in [6.07, 6.45) is 0.905. The summed E-state index contributed by atoms with van der Waals surface area (Å²) < 4.78 is 5.96. The van der Waals surface area contributed by atoms with Crippen LogP contribution in [0.5, 0.6) is 0 Å². The van der Waals surface area contributed by atoms with Crippen molar-refractivity contribution in [3.05, 3.63) is 37.4 Å². The number of ether oxygens (including phenoxy) is 1. The molecule has 2 N–H and O–H groups in total. The molecule has 2 aromatic rings. The summed E-state index contributed by atoms with van der Waals surface area (Å²) in [4.78, 5) is 27.3. The predicted octanol–water partition coefficient (Wildman–Crippen LogP) is 4.98. The van der Waals surface area contributed by atoms with Gasteiger partial charge in [-0.25, -0.2) is 4.79 Å². The van der Waals surface area contributed by atoms with E-state index in [0.717, 1.165) is 15.3 Å². The van der Waals surface area contributed by atoms with E-state index in [1.165, 1.54) is 22.7 Å². The second kappa shape index (κ2) is 7.78. The van der Waals surface area contributed by atoms with E-state index >= 15 is 0 Å². The van der Waals surface area contributed by atoms with Gasteiger partial charge in [0.2, 0.25) is 5.91 Å². The van der Waals surface area contributed by atoms with Gasteiger partial charge in [-0.15, -0.1) is 22.7 Å². The molecule has 152 valence electrons. The third-order valence-electron chi connectivity index (χ3n) is 4.54. The Kier molecular flexibility index (Phi) is 5.92. The van der Waals surface area contributed by atoms with Crippen molar-refractivity contribution in [3.8, 4) is 0 Å². The monoisotopic (exact) mass is 440 g/mol. The molecule has 3 heterocycles. The van der Waals surface area contributed by atoms with Crippen LogP contribution in [-0.4, -0.2) is 24.0 Å². The first-order chi connectivity index (χ1) is 13.0. The molecule has 28 heavy (non-hydrogen) atoms. The second-order valence-corrected chi connectivity index (χ2v) is 10.9. The van der Waals surface area contributed by atoms with Gasteiger partial charge >= 0.3 is 5.97 Å². The molecule has 3 rings (SSSR count). The fourth-order valence-corrected chi connectivity index (χ4v) is 6.18. The van der Waals surface area contributed by atoms with Gasteiger partial charge in [0, 0.05) is 20.8 Å². The van der Waals surface area contributed by atoms with E-state index in [0.29, 0.717) is 21.3 Å². The number of anilines is 1. The summed E-state index contributed by atoms with van der Waals surface area (Å²) in [6.45, 7) is 10.5. The Morgan fingerprint density at radius 2 is 1.96 bits per heavy atom. The number of fused-ring (bicyclic) bond motifs is 1. The highest BCUT2D eigenvalue weighted by atomic mass is 35.5. The van der Waals surface area contributed by atoms with Crippen molar-refractivity contribution in [2.45, 2.75) is 58.5 Å². The second-order valence-electron chi connectivity index (χ2n) is 8.08. The van der Waals surface area contributed by atoms with E-state index in [1.54, 1.807) is 13.0 Å². The number of thiophene rings is 2. The molecule has 0 radical (unpaired) electrons. The van der Waals surface area contributed by atoms with Crippen LogP contribution in [0.3, 0.4) is 0 Å². The van der Waals surface area contributed by atoms with Crippen LogP contribution in [0.4, 0.5) is 5.00 Å². The Balaban J connectivity index is 1.97. The van der Waals surface area contributed by atoms with Crippen LogP contribution in [0.2, 0.25) is 4.34 Å². The molecule has 5 nitrogen and oxygen atoms in total. The fourth-order valence-electron chi connectivity index (χ4n) is 3.81. The first kappa shape index (κ1) is 21.3. The van der Waals surface area contributed by atoms with Gasteiger partial charge in [-0.2, -0.15) is 0 Å². The van der Waals surface area contributed by atoms with Crippen molar-refractivity contribution in [3.63, 3.8) is 0 Å². The molecule has 0 saturated carbocycles. The van der Waals surface area contributed by atoms with E-state index in [-0.39, 0.29) is 36.0 Å². The molecule has 0 atom stereocenters. The van der Waals surface area contributed by atoms with E-state index < -0.39 is 0 Å². The van der Waals surface area contributed by atoms with Crippen molar-refractivity contribution in [2.75, 3.05) is 11.9 Å². The Labute approximate surface area is 178 Å². The highest BCUT2D eigenvalue weighted by Crippen LogP contribution is 2.45. The lowest BCUT2D eigenvalue weighted by atomic mass is 9.81. The van der Waals surface area contributed by atoms with Gasteiger partial charge in [0.15, 0.2) is 0 Å². The van der Waals surface area contributed by atoms with Gasteiger partial charge in [0.1, 0.15) is 5.00 Å². The maximum absolute atomic E-state index is 12.8. The van der Waals surface area contributed by atoms with Crippen LogP contribution < -0.4 is 10.6 Å². The Morgan fingerprint density at radius 1 is 1.25 bits per heavy atom. The van der Waals surface area contributed by atoms with Crippen LogP contribution in [0.25, 0.3) is 0 Å². The van der Waals surface area contributed by atoms with Crippen LogP contribution in [-0.2, 0) is 27.9 Å². The van der Waals surface area contributed by atoms with Crippen molar-refractivity contribution in [1.29, 1.82) is 0 Å². The Hall–Kier alpha value is -1.41. The van der Waals surface area contributed by atoms with Gasteiger partial charge in [-0.3, -0.25) is 4.79 Å². The lowest BCUT2D eigenvalue weighted by Gasteiger charge is -2.42. The molecule has 0 spiro atoms. The van der Waals surface area contributed by atoms with Crippen LogP contribution >= 0.6 is 34.3 Å². The zero-order chi connectivity index (χ0) is 20.7. The predicted molar refractivity (Wildman–Crippen MR) is 116 cm³/mol. The average molecular weight is 441 g/mol. The van der Waals surface area contributed by atoms with E-state index in [9.17, 15) is 9.59 Å². The summed E-state index contributed by atoms with van der Waals surface area (Å²) in [5.74, 6) is -0.560. The number of esters is 1. The number of amides is 1. The van der Waals surface area contributed by atoms with Gasteiger partial charge in [0.25, 0.3) is 0 Å². The SMILES string of the molecule is CCOC(=O)c1c(NC(=O)Cc2ccc(Cl)s2)sc2c1CC(C)(C)NC2(C)C. The van der Waals surface area contributed by atoms with Gasteiger partial charge in [-0.05, 0) is 58.7 Å². The van der Waals surface area contributed by atoms with Crippen LogP contribution in [0, 0.1) is 0 Å². The molecule has 0 aliphatic carbocycles. The Bertz CT molecular complexity index is 915. The third-order valence-corrected chi connectivity index (χ3v) is 7.24. The standard InChI is InChI=1S/C20H25ClN2O3S2/c1-6-26-18(25)15-12-10-19(2,3)23-20(4,5)16(12)28-17(15)22-14(24)9-11-7-8-13(21)27-11/h7-8,23H,6,9-10H2,1-5H3,(H,22,24). The zero-order valence-corrected chi connectivity index (χ0v) is 19.1. The van der Waals surface area contributed by atoms with E-state index in [1.807, 2.05) is 6.07 Å². The average Bonchev–Trinajstić information content (AvgIpc) is 3.09. The number of hydrogen-bond donors (Lipinski definition) is 2. The molecule has 0 saturated heterocycles. The number of hydrogen-bond acceptors (Lipinski definition) is 6. The first-order valence-electron chi connectivity index (χ1n) is 9.19. The number of carbonyl (C=O) groups is 2. The van der Waals surface area contributed by atoms with E-state index in [4.69, 9.17) is 16.3 Å². The minimum absolute atomic E-state index is 0.173. The van der Waals surface area contributed by atoms with Crippen molar-refractivity contribution >= 4 is 51.2 Å². The maximum atomic E-state index is 12.8. The summed E-state index contributed by atoms with van der Waals surface area (Å²) in [7, 11) is 0. The largest absolute Gasteiger partial charge is 0.462 e. The van der Waals surface area contributed by atoms with Crippen molar-refractivity contribution in [1.82, 2.24) is 5.32 Å². The van der Waals surface area contributed by atoms with Crippen molar-refractivity contribution in [2.24, 2.45) is 0 Å². The van der Waals surface area contributed by atoms with Gasteiger partial charge in [-0.1, -0.05) is 11.6 Å². The van der Waals surface area contributed by atoms with Gasteiger partial charge < -0.3 is 15.4 Å². The van der Waals surface area contributed by atoms with Crippen LogP contribution in [0.15, 0.2) is 12.1 Å². The zero-order valence-electron chi connectivity index (χ0n) is 16.7. The Morgan fingerprint density at radius 3 is 2.57 bits per heavy atom. The highest BCUT2D eigenvalue weighted by Gasteiger charge is 2.42. The molecule has 1 aliphatic heterocycles. The van der Waals surface area contributed by atoms with Crippen molar-refractivity contribution < 1.29 is 14.3 Å². The third kappa shape index (κ3) is 4.43. The molecule has 1 aliphatic rings. The number of halogens is 1. The quantitative estimate of drug-likeness (QED) is 0.643. The molecule has 0 unspecified atom stereocenters. The smallest absolute Gasteiger partial charge is 0.341 e. The minimum atomic E-state index is -0.386. The molecular weight excluding hydrogens is 416 g/mol. The number of nitrogens with one attached hydrogen (secondary N) is 2. The van der Waals surface area contributed by atoms with Crippen LogP contribution in [0.1, 0.15) is 60.3 Å². The number of rotatable bonds is 5. The molecule has 1 amide bonds. The lowest BCUT2D eigenvalue weighted by Crippen LogP contribution is -2.55. The molecule has 0 aromatic carbocycles. The topological polar surface area (TPSA) is 67.4 Å². The normalized spacial score (nSPS) is 17.1. The highest BCUT2D eigenvalue weighted by molar-refractivity contribution is 7.17.